The molecule has 2 aliphatic heterocycles. The van der Waals surface area contributed by atoms with E-state index in [1.807, 2.05) is 0 Å². The minimum absolute atomic E-state index is 0.126. The number of carbonyl (C=O) groups excluding carboxylic acids is 2. The van der Waals surface area contributed by atoms with Gasteiger partial charge in [-0.15, -0.1) is 0 Å². The molecule has 4 aliphatic rings. The van der Waals surface area contributed by atoms with Gasteiger partial charge in [-0.25, -0.2) is 4.79 Å². The van der Waals surface area contributed by atoms with E-state index < -0.39 is 5.97 Å². The van der Waals surface area contributed by atoms with Crippen molar-refractivity contribution in [3.63, 3.8) is 0 Å². The third-order valence-electron chi connectivity index (χ3n) is 5.26. The molecule has 6 atom stereocenters. The first-order chi connectivity index (χ1) is 10.7. The molecule has 0 aromatic heterocycles. The Bertz CT molecular complexity index is 464. The quantitative estimate of drug-likeness (QED) is 0.561. The molecule has 0 aromatic carbocycles. The molecule has 4 rings (SSSR count). The Hall–Kier alpha value is -1.14. The van der Waals surface area contributed by atoms with E-state index in [9.17, 15) is 9.59 Å². The highest BCUT2D eigenvalue weighted by molar-refractivity contribution is 5.78. The van der Waals surface area contributed by atoms with E-state index in [0.717, 1.165) is 38.5 Å². The van der Waals surface area contributed by atoms with Crippen molar-refractivity contribution >= 4 is 11.9 Å². The minimum atomic E-state index is -0.455. The largest absolute Gasteiger partial charge is 0.463 e. The highest BCUT2D eigenvalue weighted by Crippen LogP contribution is 2.40. The lowest BCUT2D eigenvalue weighted by molar-refractivity contribution is -0.162. The number of hydrogen-bond acceptors (Lipinski definition) is 6. The van der Waals surface area contributed by atoms with Gasteiger partial charge in [-0.1, -0.05) is 0 Å². The smallest absolute Gasteiger partial charge is 0.344 e. The third-order valence-corrected chi connectivity index (χ3v) is 5.26. The zero-order valence-electron chi connectivity index (χ0n) is 12.6. The van der Waals surface area contributed by atoms with E-state index in [1.54, 1.807) is 0 Å². The van der Waals surface area contributed by atoms with Crippen molar-refractivity contribution in [2.75, 3.05) is 13.2 Å². The summed E-state index contributed by atoms with van der Waals surface area (Å²) in [6, 6.07) is 0. The molecule has 0 amide bonds. The van der Waals surface area contributed by atoms with Gasteiger partial charge in [0.05, 0.1) is 36.9 Å². The summed E-state index contributed by atoms with van der Waals surface area (Å²) in [6.45, 7) is 0.129. The van der Waals surface area contributed by atoms with E-state index in [1.165, 1.54) is 0 Å². The van der Waals surface area contributed by atoms with Gasteiger partial charge in [0.1, 0.15) is 0 Å². The summed E-state index contributed by atoms with van der Waals surface area (Å²) >= 11 is 0. The van der Waals surface area contributed by atoms with Crippen LogP contribution in [0.4, 0.5) is 0 Å². The molecule has 2 heterocycles. The lowest BCUT2D eigenvalue weighted by Gasteiger charge is -2.19. The average molecular weight is 310 g/mol. The molecule has 0 radical (unpaired) electrons. The van der Waals surface area contributed by atoms with Crippen LogP contribution in [0.5, 0.6) is 0 Å². The number of carbonyl (C=O) groups is 2. The van der Waals surface area contributed by atoms with Gasteiger partial charge in [-0.05, 0) is 44.4 Å². The summed E-state index contributed by atoms with van der Waals surface area (Å²) in [5, 5.41) is 0. The molecule has 6 nitrogen and oxygen atoms in total. The molecule has 22 heavy (non-hydrogen) atoms. The summed E-state index contributed by atoms with van der Waals surface area (Å²) in [6.07, 6.45) is 6.95. The number of rotatable bonds is 5. The Morgan fingerprint density at radius 1 is 0.864 bits per heavy atom. The Kier molecular flexibility index (Phi) is 3.82. The fourth-order valence-corrected chi connectivity index (χ4v) is 3.76. The van der Waals surface area contributed by atoms with E-state index >= 15 is 0 Å². The van der Waals surface area contributed by atoms with Crippen LogP contribution in [0.15, 0.2) is 0 Å². The first-order valence-electron chi connectivity index (χ1n) is 8.32. The van der Waals surface area contributed by atoms with Crippen LogP contribution in [0.2, 0.25) is 0 Å². The monoisotopic (exact) mass is 310 g/mol. The van der Waals surface area contributed by atoms with Crippen LogP contribution in [0.1, 0.15) is 38.5 Å². The van der Waals surface area contributed by atoms with Crippen molar-refractivity contribution in [2.24, 2.45) is 11.8 Å². The topological polar surface area (TPSA) is 77.7 Å². The molecule has 0 spiro atoms. The van der Waals surface area contributed by atoms with Crippen LogP contribution in [0, 0.1) is 11.8 Å². The summed E-state index contributed by atoms with van der Waals surface area (Å²) in [4.78, 5) is 23.6. The number of hydrogen-bond donors (Lipinski definition) is 0. The van der Waals surface area contributed by atoms with Crippen LogP contribution in [-0.4, -0.2) is 49.6 Å². The molecular weight excluding hydrogens is 288 g/mol. The highest BCUT2D eigenvalue weighted by atomic mass is 16.6. The fourth-order valence-electron chi connectivity index (χ4n) is 3.76. The number of ether oxygens (including phenoxy) is 4. The summed E-state index contributed by atoms with van der Waals surface area (Å²) in [5.41, 5.74) is 0. The molecule has 6 heteroatoms. The zero-order valence-corrected chi connectivity index (χ0v) is 12.6. The van der Waals surface area contributed by atoms with Gasteiger partial charge < -0.3 is 18.9 Å². The molecule has 2 saturated heterocycles. The second kappa shape index (κ2) is 5.81. The van der Waals surface area contributed by atoms with Gasteiger partial charge in [0.2, 0.25) is 0 Å². The maximum atomic E-state index is 11.9. The van der Waals surface area contributed by atoms with Gasteiger partial charge in [0, 0.05) is 0 Å². The summed E-state index contributed by atoms with van der Waals surface area (Å²) in [5.74, 6) is -0.495. The molecule has 122 valence electrons. The number of epoxide rings is 2. The first kappa shape index (κ1) is 14.5. The van der Waals surface area contributed by atoms with Crippen LogP contribution in [-0.2, 0) is 28.5 Å². The fraction of sp³-hybridized carbons (Fsp3) is 0.875. The maximum absolute atomic E-state index is 11.9. The standard InChI is InChI=1S/C16H22O6/c17-15(19-7-9-1-3-11-13(5-9)21-11)8-20-16(18)10-2-4-12-14(6-10)22-12/h9-14H,1-8H2. The molecule has 0 N–H and O–H groups in total. The SMILES string of the molecule is O=C(COC(=O)C1CCC2OC2C1)OCC1CCC2OC2C1. The Morgan fingerprint density at radius 3 is 2.32 bits per heavy atom. The molecule has 6 unspecified atom stereocenters. The normalized spacial score (nSPS) is 41.8. The van der Waals surface area contributed by atoms with Crippen molar-refractivity contribution in [1.29, 1.82) is 0 Å². The van der Waals surface area contributed by atoms with Crippen molar-refractivity contribution in [3.8, 4) is 0 Å². The lowest BCUT2D eigenvalue weighted by atomic mass is 9.89. The number of esters is 2. The Morgan fingerprint density at radius 2 is 1.59 bits per heavy atom. The molecule has 0 bridgehead atoms. The van der Waals surface area contributed by atoms with E-state index in [4.69, 9.17) is 18.9 Å². The van der Waals surface area contributed by atoms with Gasteiger partial charge in [-0.3, -0.25) is 4.79 Å². The van der Waals surface area contributed by atoms with Gasteiger partial charge in [0.15, 0.2) is 6.61 Å². The van der Waals surface area contributed by atoms with Crippen molar-refractivity contribution in [1.82, 2.24) is 0 Å². The van der Waals surface area contributed by atoms with Gasteiger partial charge >= 0.3 is 11.9 Å². The van der Waals surface area contributed by atoms with Crippen molar-refractivity contribution in [3.05, 3.63) is 0 Å². The van der Waals surface area contributed by atoms with Gasteiger partial charge in [-0.2, -0.15) is 0 Å². The van der Waals surface area contributed by atoms with Crippen LogP contribution in [0.25, 0.3) is 0 Å². The lowest BCUT2D eigenvalue weighted by Crippen LogP contribution is -2.27. The molecule has 2 saturated carbocycles. The average Bonchev–Trinajstić information content (AvgIpc) is 3.43. The zero-order chi connectivity index (χ0) is 15.1. The molecule has 0 aromatic rings. The second-order valence-electron chi connectivity index (χ2n) is 6.91. The van der Waals surface area contributed by atoms with Crippen molar-refractivity contribution < 1.29 is 28.5 Å². The molecular formula is C16H22O6. The molecule has 2 aliphatic carbocycles. The third kappa shape index (κ3) is 3.27. The van der Waals surface area contributed by atoms with E-state index in [-0.39, 0.29) is 24.6 Å². The number of fused-ring (bicyclic) bond motifs is 2. The maximum Gasteiger partial charge on any atom is 0.344 e. The highest BCUT2D eigenvalue weighted by Gasteiger charge is 2.46. The summed E-state index contributed by atoms with van der Waals surface area (Å²) < 4.78 is 21.1. The van der Waals surface area contributed by atoms with Crippen LogP contribution >= 0.6 is 0 Å². The van der Waals surface area contributed by atoms with Crippen molar-refractivity contribution in [2.45, 2.75) is 62.9 Å². The molecule has 4 fully saturated rings. The second-order valence-corrected chi connectivity index (χ2v) is 6.91. The predicted molar refractivity (Wildman–Crippen MR) is 73.9 cm³/mol. The predicted octanol–water partition coefficient (Wildman–Crippen LogP) is 1.21. The van der Waals surface area contributed by atoms with E-state index in [0.29, 0.717) is 30.8 Å². The first-order valence-corrected chi connectivity index (χ1v) is 8.32. The summed E-state index contributed by atoms with van der Waals surface area (Å²) in [7, 11) is 0. The van der Waals surface area contributed by atoms with Crippen LogP contribution in [0.3, 0.4) is 0 Å². The minimum Gasteiger partial charge on any atom is -0.463 e. The van der Waals surface area contributed by atoms with Gasteiger partial charge in [0.25, 0.3) is 0 Å². The van der Waals surface area contributed by atoms with E-state index in [2.05, 4.69) is 0 Å². The Labute approximate surface area is 129 Å². The Balaban J connectivity index is 1.12. The van der Waals surface area contributed by atoms with Crippen LogP contribution < -0.4 is 0 Å².